The Balaban J connectivity index is 1.65. The van der Waals surface area contributed by atoms with Crippen LogP contribution in [0.2, 0.25) is 5.02 Å². The van der Waals surface area contributed by atoms with Crippen LogP contribution in [0, 0.1) is 0 Å². The first-order valence-corrected chi connectivity index (χ1v) is 9.86. The van der Waals surface area contributed by atoms with Crippen molar-refractivity contribution in [2.75, 3.05) is 18.4 Å². The molecule has 3 aromatic rings. The second kappa shape index (κ2) is 7.38. The predicted octanol–water partition coefficient (Wildman–Crippen LogP) is 3.12. The molecule has 1 saturated heterocycles. The van der Waals surface area contributed by atoms with Crippen molar-refractivity contribution in [2.45, 2.75) is 25.5 Å². The Bertz CT molecular complexity index is 995. The molecule has 7 nitrogen and oxygen atoms in total. The number of amides is 1. The molecule has 9 heteroatoms. The maximum atomic E-state index is 12.9. The molecule has 2 atom stereocenters. The molecule has 0 bridgehead atoms. The highest BCUT2D eigenvalue weighted by atomic mass is 35.5. The number of aromatic nitrogens is 3. The molecule has 4 heterocycles. The van der Waals surface area contributed by atoms with Gasteiger partial charge >= 0.3 is 0 Å². The fourth-order valence-electron chi connectivity index (χ4n) is 3.09. The van der Waals surface area contributed by atoms with E-state index in [9.17, 15) is 9.90 Å². The lowest BCUT2D eigenvalue weighted by Gasteiger charge is -2.17. The molecule has 27 heavy (non-hydrogen) atoms. The Kier molecular flexibility index (Phi) is 4.94. The predicted molar refractivity (Wildman–Crippen MR) is 105 cm³/mol. The van der Waals surface area contributed by atoms with Crippen LogP contribution in [-0.2, 0) is 0 Å². The first kappa shape index (κ1) is 18.1. The van der Waals surface area contributed by atoms with Gasteiger partial charge in [0.1, 0.15) is 0 Å². The molecule has 1 aliphatic rings. The van der Waals surface area contributed by atoms with Gasteiger partial charge in [-0.2, -0.15) is 0 Å². The standard InChI is InChI=1S/C18H18ClN5O2S/c1-10(11-6-12(19)8-20-7-11)21-18-22-14-3-5-27-16(14)15(23-18)17(26)24-4-2-13(25)9-24/h3,5-8,10,13,25H,2,4,9H2,1H3,(H,21,22,23)/t10-,13-/m0/s1. The number of halogens is 1. The second-order valence-corrected chi connectivity index (χ2v) is 7.88. The van der Waals surface area contributed by atoms with Gasteiger partial charge in [-0.1, -0.05) is 11.6 Å². The van der Waals surface area contributed by atoms with Crippen LogP contribution in [0.25, 0.3) is 10.2 Å². The lowest BCUT2D eigenvalue weighted by molar-refractivity contribution is 0.0761. The first-order valence-electron chi connectivity index (χ1n) is 8.61. The van der Waals surface area contributed by atoms with E-state index in [4.69, 9.17) is 11.6 Å². The van der Waals surface area contributed by atoms with Gasteiger partial charge in [0.2, 0.25) is 5.95 Å². The third kappa shape index (κ3) is 3.73. The topological polar surface area (TPSA) is 91.2 Å². The molecule has 2 N–H and O–H groups in total. The van der Waals surface area contributed by atoms with Crippen LogP contribution in [0.4, 0.5) is 5.95 Å². The van der Waals surface area contributed by atoms with Crippen molar-refractivity contribution >= 4 is 45.0 Å². The van der Waals surface area contributed by atoms with E-state index >= 15 is 0 Å². The lowest BCUT2D eigenvalue weighted by Crippen LogP contribution is -2.30. The number of aliphatic hydroxyl groups excluding tert-OH is 1. The highest BCUT2D eigenvalue weighted by molar-refractivity contribution is 7.17. The van der Waals surface area contributed by atoms with Crippen molar-refractivity contribution < 1.29 is 9.90 Å². The van der Waals surface area contributed by atoms with Crippen molar-refractivity contribution in [1.29, 1.82) is 0 Å². The number of nitrogens with one attached hydrogen (secondary N) is 1. The Labute approximate surface area is 165 Å². The summed E-state index contributed by atoms with van der Waals surface area (Å²) in [6.07, 6.45) is 3.42. The van der Waals surface area contributed by atoms with Crippen LogP contribution in [0.5, 0.6) is 0 Å². The summed E-state index contributed by atoms with van der Waals surface area (Å²) in [6, 6.07) is 3.56. The lowest BCUT2D eigenvalue weighted by atomic mass is 10.1. The summed E-state index contributed by atoms with van der Waals surface area (Å²) in [6.45, 7) is 2.82. The van der Waals surface area contributed by atoms with Crippen LogP contribution in [0.3, 0.4) is 0 Å². The summed E-state index contributed by atoms with van der Waals surface area (Å²) in [4.78, 5) is 27.7. The minimum atomic E-state index is -0.470. The van der Waals surface area contributed by atoms with Crippen LogP contribution < -0.4 is 5.32 Å². The van der Waals surface area contributed by atoms with E-state index < -0.39 is 6.10 Å². The number of aliphatic hydroxyl groups is 1. The van der Waals surface area contributed by atoms with E-state index in [1.165, 1.54) is 11.3 Å². The van der Waals surface area contributed by atoms with Crippen LogP contribution in [0.1, 0.15) is 35.4 Å². The molecule has 4 rings (SSSR count). The van der Waals surface area contributed by atoms with E-state index in [1.807, 2.05) is 24.4 Å². The monoisotopic (exact) mass is 403 g/mol. The summed E-state index contributed by atoms with van der Waals surface area (Å²) in [5, 5.41) is 15.4. The molecule has 0 spiro atoms. The number of thiophene rings is 1. The van der Waals surface area contributed by atoms with Gasteiger partial charge in [0.05, 0.1) is 27.4 Å². The fourth-order valence-corrected chi connectivity index (χ4v) is 4.09. The van der Waals surface area contributed by atoms with Gasteiger partial charge in [0, 0.05) is 25.5 Å². The molecular weight excluding hydrogens is 386 g/mol. The van der Waals surface area contributed by atoms with Crippen LogP contribution in [-0.4, -0.2) is 50.1 Å². The summed E-state index contributed by atoms with van der Waals surface area (Å²) < 4.78 is 0.754. The SMILES string of the molecule is C[C@H](Nc1nc(C(=O)N2CC[C@H](O)C2)c2sccc2n1)c1cncc(Cl)c1. The number of carbonyl (C=O) groups excluding carboxylic acids is 1. The maximum Gasteiger partial charge on any atom is 0.274 e. The number of anilines is 1. The van der Waals surface area contributed by atoms with Crippen LogP contribution >= 0.6 is 22.9 Å². The first-order chi connectivity index (χ1) is 13.0. The van der Waals surface area contributed by atoms with Crippen molar-refractivity contribution in [3.63, 3.8) is 0 Å². The van der Waals surface area contributed by atoms with Crippen molar-refractivity contribution in [1.82, 2.24) is 19.9 Å². The maximum absolute atomic E-state index is 12.9. The zero-order valence-corrected chi connectivity index (χ0v) is 16.2. The minimum absolute atomic E-state index is 0.135. The van der Waals surface area contributed by atoms with Crippen LogP contribution in [0.15, 0.2) is 29.9 Å². The quantitative estimate of drug-likeness (QED) is 0.695. The number of carbonyl (C=O) groups is 1. The van der Waals surface area contributed by atoms with Crippen molar-refractivity contribution in [2.24, 2.45) is 0 Å². The number of hydrogen-bond donors (Lipinski definition) is 2. The fraction of sp³-hybridized carbons (Fsp3) is 0.333. The van der Waals surface area contributed by atoms with E-state index in [1.54, 1.807) is 17.3 Å². The highest BCUT2D eigenvalue weighted by Crippen LogP contribution is 2.27. The van der Waals surface area contributed by atoms with Gasteiger partial charge in [0.15, 0.2) is 5.69 Å². The van der Waals surface area contributed by atoms with Gasteiger partial charge in [-0.05, 0) is 36.4 Å². The third-order valence-corrected chi connectivity index (χ3v) is 5.65. The molecule has 0 unspecified atom stereocenters. The van der Waals surface area contributed by atoms with Gasteiger partial charge in [-0.3, -0.25) is 9.78 Å². The van der Waals surface area contributed by atoms with Crippen molar-refractivity contribution in [3.8, 4) is 0 Å². The Hall–Kier alpha value is -2.29. The Morgan fingerprint density at radius 2 is 2.30 bits per heavy atom. The second-order valence-electron chi connectivity index (χ2n) is 6.53. The average Bonchev–Trinajstić information content (AvgIpc) is 3.29. The number of nitrogens with zero attached hydrogens (tertiary/aromatic N) is 4. The molecule has 1 aliphatic heterocycles. The van der Waals surface area contributed by atoms with E-state index in [2.05, 4.69) is 20.3 Å². The average molecular weight is 404 g/mol. The summed E-state index contributed by atoms with van der Waals surface area (Å²) in [7, 11) is 0. The number of β-amino-alcohol motifs (C(OH)–C–C–N with tert-alkyl or cyclic N) is 1. The Morgan fingerprint density at radius 3 is 3.04 bits per heavy atom. The molecule has 0 aliphatic carbocycles. The summed E-state index contributed by atoms with van der Waals surface area (Å²) in [5.74, 6) is 0.193. The Morgan fingerprint density at radius 1 is 1.44 bits per heavy atom. The van der Waals surface area contributed by atoms with Gasteiger partial charge in [0.25, 0.3) is 5.91 Å². The molecule has 1 fully saturated rings. The van der Waals surface area contributed by atoms with E-state index in [0.717, 1.165) is 15.8 Å². The normalized spacial score (nSPS) is 18.0. The van der Waals surface area contributed by atoms with E-state index in [0.29, 0.717) is 36.2 Å². The van der Waals surface area contributed by atoms with E-state index in [-0.39, 0.29) is 11.9 Å². The molecule has 0 saturated carbocycles. The number of pyridine rings is 1. The zero-order valence-electron chi connectivity index (χ0n) is 14.6. The minimum Gasteiger partial charge on any atom is -0.391 e. The molecule has 1 amide bonds. The van der Waals surface area contributed by atoms with Gasteiger partial charge in [-0.15, -0.1) is 11.3 Å². The number of likely N-dealkylation sites (tertiary alicyclic amines) is 1. The number of hydrogen-bond acceptors (Lipinski definition) is 7. The molecule has 3 aromatic heterocycles. The molecule has 0 radical (unpaired) electrons. The molecule has 140 valence electrons. The highest BCUT2D eigenvalue weighted by Gasteiger charge is 2.28. The summed E-state index contributed by atoms with van der Waals surface area (Å²) >= 11 is 7.45. The zero-order chi connectivity index (χ0) is 19.0. The molecular formula is C18H18ClN5O2S. The third-order valence-electron chi connectivity index (χ3n) is 4.53. The smallest absolute Gasteiger partial charge is 0.274 e. The largest absolute Gasteiger partial charge is 0.391 e. The summed E-state index contributed by atoms with van der Waals surface area (Å²) in [5.41, 5.74) is 1.98. The van der Waals surface area contributed by atoms with Crippen molar-refractivity contribution in [3.05, 3.63) is 46.2 Å². The number of fused-ring (bicyclic) bond motifs is 1. The number of rotatable bonds is 4. The van der Waals surface area contributed by atoms with Gasteiger partial charge in [-0.25, -0.2) is 9.97 Å². The molecule has 0 aromatic carbocycles. The van der Waals surface area contributed by atoms with Gasteiger partial charge < -0.3 is 15.3 Å².